The molecular formula is C12H15N3OS. The van der Waals surface area contributed by atoms with E-state index in [1.54, 1.807) is 6.92 Å². The molecule has 1 atom stereocenters. The number of rotatable bonds is 4. The van der Waals surface area contributed by atoms with Gasteiger partial charge in [0.1, 0.15) is 6.04 Å². The number of benzene rings is 1. The first kappa shape index (κ1) is 11.9. The van der Waals surface area contributed by atoms with Gasteiger partial charge < -0.3 is 10.6 Å². The van der Waals surface area contributed by atoms with Gasteiger partial charge in [0.2, 0.25) is 5.91 Å². The highest BCUT2D eigenvalue weighted by molar-refractivity contribution is 7.13. The highest BCUT2D eigenvalue weighted by Gasteiger charge is 2.21. The van der Waals surface area contributed by atoms with Gasteiger partial charge in [-0.15, -0.1) is 0 Å². The smallest absolute Gasteiger partial charge is 0.239 e. The number of nitrogens with zero attached hydrogens (tertiary/aromatic N) is 2. The number of likely N-dealkylation sites (N-methyl/N-ethyl adjacent to an activating group) is 1. The van der Waals surface area contributed by atoms with Gasteiger partial charge in [0.15, 0.2) is 5.82 Å². The van der Waals surface area contributed by atoms with Crippen molar-refractivity contribution in [2.45, 2.75) is 19.9 Å². The van der Waals surface area contributed by atoms with E-state index in [0.717, 1.165) is 15.9 Å². The van der Waals surface area contributed by atoms with E-state index in [9.17, 15) is 4.79 Å². The summed E-state index contributed by atoms with van der Waals surface area (Å²) >= 11 is 1.44. The average Bonchev–Trinajstić information content (AvgIpc) is 2.74. The van der Waals surface area contributed by atoms with Crippen molar-refractivity contribution < 1.29 is 4.79 Å². The third-order valence-electron chi connectivity index (χ3n) is 2.85. The first-order valence-corrected chi connectivity index (χ1v) is 6.33. The standard InChI is InChI=1S/C12H15N3OS/c1-3-15(8(2)11(13)16)12-9-6-4-5-7-10(9)17-14-12/h4-8H,3H2,1-2H3,(H2,13,16). The molecule has 0 radical (unpaired) electrons. The van der Waals surface area contributed by atoms with E-state index in [1.165, 1.54) is 11.5 Å². The number of carbonyl (C=O) groups is 1. The Morgan fingerprint density at radius 1 is 1.53 bits per heavy atom. The minimum absolute atomic E-state index is 0.330. The van der Waals surface area contributed by atoms with Crippen molar-refractivity contribution in [3.63, 3.8) is 0 Å². The van der Waals surface area contributed by atoms with Gasteiger partial charge in [-0.3, -0.25) is 4.79 Å². The minimum atomic E-state index is -0.342. The van der Waals surface area contributed by atoms with Crippen molar-refractivity contribution in [3.05, 3.63) is 24.3 Å². The predicted octanol–water partition coefficient (Wildman–Crippen LogP) is 2.00. The summed E-state index contributed by atoms with van der Waals surface area (Å²) in [6, 6.07) is 7.66. The molecule has 1 amide bonds. The second kappa shape index (κ2) is 4.71. The zero-order valence-corrected chi connectivity index (χ0v) is 10.7. The van der Waals surface area contributed by atoms with Gasteiger partial charge in [-0.05, 0) is 37.5 Å². The normalized spacial score (nSPS) is 12.6. The third kappa shape index (κ3) is 2.10. The molecule has 1 unspecified atom stereocenters. The summed E-state index contributed by atoms with van der Waals surface area (Å²) in [4.78, 5) is 13.2. The molecule has 0 aliphatic carbocycles. The second-order valence-electron chi connectivity index (χ2n) is 3.87. The van der Waals surface area contributed by atoms with Gasteiger partial charge in [0.05, 0.1) is 4.70 Å². The van der Waals surface area contributed by atoms with Crippen LogP contribution in [-0.2, 0) is 4.79 Å². The molecule has 0 fully saturated rings. The average molecular weight is 249 g/mol. The van der Waals surface area contributed by atoms with Gasteiger partial charge in [0, 0.05) is 11.9 Å². The summed E-state index contributed by atoms with van der Waals surface area (Å²) in [7, 11) is 0. The van der Waals surface area contributed by atoms with Gasteiger partial charge in [-0.1, -0.05) is 12.1 Å². The molecule has 0 bridgehead atoms. The van der Waals surface area contributed by atoms with E-state index in [-0.39, 0.29) is 11.9 Å². The van der Waals surface area contributed by atoms with Crippen LogP contribution in [0.1, 0.15) is 13.8 Å². The summed E-state index contributed by atoms with van der Waals surface area (Å²) in [6.45, 7) is 4.51. The zero-order valence-electron chi connectivity index (χ0n) is 9.88. The number of aromatic nitrogens is 1. The van der Waals surface area contributed by atoms with Crippen molar-refractivity contribution in [2.24, 2.45) is 5.73 Å². The molecule has 0 saturated carbocycles. The maximum Gasteiger partial charge on any atom is 0.239 e. The molecule has 2 rings (SSSR count). The molecule has 0 aliphatic heterocycles. The van der Waals surface area contributed by atoms with E-state index in [0.29, 0.717) is 6.54 Å². The first-order chi connectivity index (χ1) is 8.15. The van der Waals surface area contributed by atoms with E-state index in [2.05, 4.69) is 4.37 Å². The molecule has 5 heteroatoms. The van der Waals surface area contributed by atoms with E-state index < -0.39 is 0 Å². The van der Waals surface area contributed by atoms with Crippen LogP contribution in [0, 0.1) is 0 Å². The van der Waals surface area contributed by atoms with Gasteiger partial charge in [-0.25, -0.2) is 0 Å². The fourth-order valence-electron chi connectivity index (χ4n) is 1.84. The summed E-state index contributed by atoms with van der Waals surface area (Å²) in [5, 5.41) is 1.08. The van der Waals surface area contributed by atoms with E-state index in [4.69, 9.17) is 5.73 Å². The lowest BCUT2D eigenvalue weighted by molar-refractivity contribution is -0.118. The monoisotopic (exact) mass is 249 g/mol. The number of anilines is 1. The summed E-state index contributed by atoms with van der Waals surface area (Å²) in [6.07, 6.45) is 0. The van der Waals surface area contributed by atoms with Crippen molar-refractivity contribution >= 4 is 33.3 Å². The number of hydrogen-bond donors (Lipinski definition) is 1. The Bertz CT molecular complexity index is 537. The minimum Gasteiger partial charge on any atom is -0.368 e. The molecule has 4 nitrogen and oxygen atoms in total. The van der Waals surface area contributed by atoms with Gasteiger partial charge >= 0.3 is 0 Å². The lowest BCUT2D eigenvalue weighted by Gasteiger charge is -2.25. The lowest BCUT2D eigenvalue weighted by Crippen LogP contribution is -2.43. The number of hydrogen-bond acceptors (Lipinski definition) is 4. The summed E-state index contributed by atoms with van der Waals surface area (Å²) in [5.41, 5.74) is 5.36. The van der Waals surface area contributed by atoms with Crippen molar-refractivity contribution in [3.8, 4) is 0 Å². The molecule has 2 N–H and O–H groups in total. The van der Waals surface area contributed by atoms with Crippen molar-refractivity contribution in [1.29, 1.82) is 0 Å². The molecule has 1 aromatic heterocycles. The maximum absolute atomic E-state index is 11.3. The van der Waals surface area contributed by atoms with Crippen molar-refractivity contribution in [1.82, 2.24) is 4.37 Å². The van der Waals surface area contributed by atoms with Crippen LogP contribution in [0.4, 0.5) is 5.82 Å². The van der Waals surface area contributed by atoms with Crippen LogP contribution < -0.4 is 10.6 Å². The lowest BCUT2D eigenvalue weighted by atomic mass is 10.2. The fraction of sp³-hybridized carbons (Fsp3) is 0.333. The molecule has 0 saturated heterocycles. The Labute approximate surface area is 104 Å². The molecule has 0 aliphatic rings. The molecule has 1 heterocycles. The highest BCUT2D eigenvalue weighted by atomic mass is 32.1. The van der Waals surface area contributed by atoms with Crippen LogP contribution in [0.3, 0.4) is 0 Å². The van der Waals surface area contributed by atoms with Crippen LogP contribution in [0.15, 0.2) is 24.3 Å². The molecule has 1 aromatic carbocycles. The van der Waals surface area contributed by atoms with Crippen LogP contribution in [0.2, 0.25) is 0 Å². The Morgan fingerprint density at radius 2 is 2.24 bits per heavy atom. The Balaban J connectivity index is 2.47. The number of nitrogens with two attached hydrogens (primary N) is 1. The fourth-order valence-corrected chi connectivity index (χ4v) is 2.63. The highest BCUT2D eigenvalue weighted by Crippen LogP contribution is 2.30. The molecule has 2 aromatic rings. The SMILES string of the molecule is CCN(c1nsc2ccccc12)C(C)C(N)=O. The molecule has 17 heavy (non-hydrogen) atoms. The van der Waals surface area contributed by atoms with Crippen molar-refractivity contribution in [2.75, 3.05) is 11.4 Å². The van der Waals surface area contributed by atoms with Crippen LogP contribution in [0.25, 0.3) is 10.1 Å². The Hall–Kier alpha value is -1.62. The maximum atomic E-state index is 11.3. The quantitative estimate of drug-likeness (QED) is 0.901. The molecular weight excluding hydrogens is 234 g/mol. The van der Waals surface area contributed by atoms with Gasteiger partial charge in [-0.2, -0.15) is 4.37 Å². The number of carbonyl (C=O) groups excluding carboxylic acids is 1. The van der Waals surface area contributed by atoms with E-state index in [1.807, 2.05) is 36.1 Å². The number of fused-ring (bicyclic) bond motifs is 1. The van der Waals surface area contributed by atoms with E-state index >= 15 is 0 Å². The van der Waals surface area contributed by atoms with Gasteiger partial charge in [0.25, 0.3) is 0 Å². The third-order valence-corrected chi connectivity index (χ3v) is 3.67. The van der Waals surface area contributed by atoms with Crippen LogP contribution >= 0.6 is 11.5 Å². The largest absolute Gasteiger partial charge is 0.368 e. The Kier molecular flexibility index (Phi) is 3.28. The Morgan fingerprint density at radius 3 is 2.88 bits per heavy atom. The predicted molar refractivity (Wildman–Crippen MR) is 71.3 cm³/mol. The second-order valence-corrected chi connectivity index (χ2v) is 4.67. The summed E-state index contributed by atoms with van der Waals surface area (Å²) in [5.74, 6) is 0.517. The molecule has 0 spiro atoms. The van der Waals surface area contributed by atoms with Crippen LogP contribution in [-0.4, -0.2) is 22.9 Å². The first-order valence-electron chi connectivity index (χ1n) is 5.55. The molecule has 90 valence electrons. The zero-order chi connectivity index (χ0) is 12.4. The number of amides is 1. The van der Waals surface area contributed by atoms with Crippen LogP contribution in [0.5, 0.6) is 0 Å². The topological polar surface area (TPSA) is 59.2 Å². The number of primary amides is 1. The summed E-state index contributed by atoms with van der Waals surface area (Å²) < 4.78 is 5.55.